The number of guanidine groups is 1. The lowest BCUT2D eigenvalue weighted by Gasteiger charge is -2.36. The molecule has 0 fully saturated rings. The highest BCUT2D eigenvalue weighted by Gasteiger charge is 2.26. The molecule has 0 saturated carbocycles. The van der Waals surface area contributed by atoms with E-state index in [0.717, 1.165) is 19.4 Å². The molecule has 0 bridgehead atoms. The van der Waals surface area contributed by atoms with Gasteiger partial charge in [0.05, 0.1) is 0 Å². The van der Waals surface area contributed by atoms with Crippen molar-refractivity contribution in [2.24, 2.45) is 10.9 Å². The van der Waals surface area contributed by atoms with E-state index in [1.807, 2.05) is 11.0 Å². The van der Waals surface area contributed by atoms with E-state index >= 15 is 0 Å². The van der Waals surface area contributed by atoms with E-state index < -0.39 is 0 Å². The summed E-state index contributed by atoms with van der Waals surface area (Å²) in [5.74, 6) is 0.210. The number of rotatable bonds is 1. The van der Waals surface area contributed by atoms with Crippen LogP contribution in [0.15, 0.2) is 29.4 Å². The Kier molecular flexibility index (Phi) is 2.99. The van der Waals surface area contributed by atoms with E-state index in [1.165, 1.54) is 11.1 Å². The lowest BCUT2D eigenvalue weighted by atomic mass is 9.93. The third-order valence-corrected chi connectivity index (χ3v) is 3.22. The number of benzene rings is 1. The molecular formula is C12H17N3O. The Morgan fingerprint density at radius 3 is 2.81 bits per heavy atom. The van der Waals surface area contributed by atoms with Gasteiger partial charge in [0, 0.05) is 12.6 Å². The molecule has 1 aromatic rings. The topological polar surface area (TPSA) is 61.8 Å². The maximum atomic E-state index is 8.77. The molecule has 0 amide bonds. The van der Waals surface area contributed by atoms with Gasteiger partial charge in [0.2, 0.25) is 5.96 Å². The first-order chi connectivity index (χ1) is 7.76. The van der Waals surface area contributed by atoms with Crippen molar-refractivity contribution in [1.82, 2.24) is 4.90 Å². The van der Waals surface area contributed by atoms with Gasteiger partial charge in [-0.25, -0.2) is 0 Å². The van der Waals surface area contributed by atoms with Crippen LogP contribution in [0.4, 0.5) is 0 Å². The molecule has 4 heteroatoms. The van der Waals surface area contributed by atoms with Crippen LogP contribution in [-0.4, -0.2) is 22.1 Å². The van der Waals surface area contributed by atoms with Gasteiger partial charge in [0.15, 0.2) is 0 Å². The van der Waals surface area contributed by atoms with Crippen molar-refractivity contribution in [3.8, 4) is 0 Å². The summed E-state index contributed by atoms with van der Waals surface area (Å²) in [6.07, 6.45) is 1.95. The monoisotopic (exact) mass is 219 g/mol. The first-order valence-corrected chi connectivity index (χ1v) is 5.57. The summed E-state index contributed by atoms with van der Waals surface area (Å²) in [6.45, 7) is 2.85. The smallest absolute Gasteiger partial charge is 0.233 e. The first-order valence-electron chi connectivity index (χ1n) is 5.57. The summed E-state index contributed by atoms with van der Waals surface area (Å²) in [5, 5.41) is 11.9. The molecule has 16 heavy (non-hydrogen) atoms. The molecule has 0 aromatic heterocycles. The van der Waals surface area contributed by atoms with Crippen LogP contribution in [0.5, 0.6) is 0 Å². The van der Waals surface area contributed by atoms with Gasteiger partial charge in [0.25, 0.3) is 0 Å². The Morgan fingerprint density at radius 1 is 1.50 bits per heavy atom. The van der Waals surface area contributed by atoms with Crippen LogP contribution in [0.3, 0.4) is 0 Å². The summed E-state index contributed by atoms with van der Waals surface area (Å²) in [7, 11) is 0. The fourth-order valence-electron chi connectivity index (χ4n) is 2.28. The third-order valence-electron chi connectivity index (χ3n) is 3.22. The van der Waals surface area contributed by atoms with Crippen molar-refractivity contribution in [2.45, 2.75) is 32.4 Å². The minimum atomic E-state index is 0.210. The van der Waals surface area contributed by atoms with Crippen LogP contribution >= 0.6 is 0 Å². The molecular weight excluding hydrogens is 202 g/mol. The Hall–Kier alpha value is -1.71. The van der Waals surface area contributed by atoms with Gasteiger partial charge in [-0.3, -0.25) is 0 Å². The maximum absolute atomic E-state index is 8.77. The Morgan fingerprint density at radius 2 is 2.19 bits per heavy atom. The second kappa shape index (κ2) is 4.43. The van der Waals surface area contributed by atoms with Crippen molar-refractivity contribution in [3.63, 3.8) is 0 Å². The van der Waals surface area contributed by atoms with Gasteiger partial charge < -0.3 is 15.8 Å². The molecule has 1 atom stereocenters. The van der Waals surface area contributed by atoms with Gasteiger partial charge in [-0.15, -0.1) is 0 Å². The summed E-state index contributed by atoms with van der Waals surface area (Å²) in [4.78, 5) is 1.96. The van der Waals surface area contributed by atoms with E-state index in [1.54, 1.807) is 0 Å². The highest BCUT2D eigenvalue weighted by atomic mass is 16.4. The molecule has 1 aromatic carbocycles. The van der Waals surface area contributed by atoms with E-state index in [0.29, 0.717) is 6.04 Å². The lowest BCUT2D eigenvalue weighted by Crippen LogP contribution is -2.47. The SMILES string of the molecule is CCC1Cc2ccccc2CN1/C(N)=N/O. The molecule has 86 valence electrons. The van der Waals surface area contributed by atoms with E-state index in [4.69, 9.17) is 10.9 Å². The highest BCUT2D eigenvalue weighted by Crippen LogP contribution is 2.24. The van der Waals surface area contributed by atoms with Gasteiger partial charge >= 0.3 is 0 Å². The number of fused-ring (bicyclic) bond motifs is 1. The second-order valence-electron chi connectivity index (χ2n) is 4.12. The van der Waals surface area contributed by atoms with Crippen molar-refractivity contribution in [2.75, 3.05) is 0 Å². The standard InChI is InChI=1S/C12H17N3O/c1-2-11-7-9-5-3-4-6-10(9)8-15(11)12(13)14-16/h3-6,11,16H,2,7-8H2,1H3,(H2,13,14). The number of hydrogen-bond acceptors (Lipinski definition) is 2. The number of oxime groups is 1. The zero-order valence-electron chi connectivity index (χ0n) is 9.43. The van der Waals surface area contributed by atoms with Crippen LogP contribution in [0.25, 0.3) is 0 Å². The maximum Gasteiger partial charge on any atom is 0.233 e. The lowest BCUT2D eigenvalue weighted by molar-refractivity contribution is 0.245. The summed E-state index contributed by atoms with van der Waals surface area (Å²) >= 11 is 0. The summed E-state index contributed by atoms with van der Waals surface area (Å²) in [6, 6.07) is 8.66. The molecule has 2 rings (SSSR count). The number of nitrogens with zero attached hydrogens (tertiary/aromatic N) is 2. The first kappa shape index (κ1) is 10.8. The minimum absolute atomic E-state index is 0.210. The Balaban J connectivity index is 2.31. The number of nitrogens with two attached hydrogens (primary N) is 1. The Bertz CT molecular complexity index is 403. The molecule has 0 spiro atoms. The zero-order valence-corrected chi connectivity index (χ0v) is 9.43. The van der Waals surface area contributed by atoms with E-state index in [9.17, 15) is 0 Å². The second-order valence-corrected chi connectivity index (χ2v) is 4.12. The molecule has 4 nitrogen and oxygen atoms in total. The summed E-state index contributed by atoms with van der Waals surface area (Å²) < 4.78 is 0. The van der Waals surface area contributed by atoms with E-state index in [2.05, 4.69) is 30.3 Å². The van der Waals surface area contributed by atoms with Gasteiger partial charge in [-0.2, -0.15) is 0 Å². The third kappa shape index (κ3) is 1.83. The molecule has 1 unspecified atom stereocenters. The van der Waals surface area contributed by atoms with Crippen LogP contribution < -0.4 is 5.73 Å². The van der Waals surface area contributed by atoms with Gasteiger partial charge in [-0.1, -0.05) is 36.3 Å². The minimum Gasteiger partial charge on any atom is -0.408 e. The van der Waals surface area contributed by atoms with Crippen molar-refractivity contribution < 1.29 is 5.21 Å². The number of hydrogen-bond donors (Lipinski definition) is 2. The van der Waals surface area contributed by atoms with Crippen molar-refractivity contribution in [3.05, 3.63) is 35.4 Å². The van der Waals surface area contributed by atoms with Crippen LogP contribution in [-0.2, 0) is 13.0 Å². The molecule has 1 aliphatic rings. The van der Waals surface area contributed by atoms with Crippen molar-refractivity contribution in [1.29, 1.82) is 0 Å². The van der Waals surface area contributed by atoms with Crippen LogP contribution in [0.1, 0.15) is 24.5 Å². The zero-order chi connectivity index (χ0) is 11.5. The fraction of sp³-hybridized carbons (Fsp3) is 0.417. The quantitative estimate of drug-likeness (QED) is 0.326. The van der Waals surface area contributed by atoms with Crippen LogP contribution in [0, 0.1) is 0 Å². The predicted octanol–water partition coefficient (Wildman–Crippen LogP) is 1.53. The molecule has 1 aliphatic heterocycles. The molecule has 0 aliphatic carbocycles. The molecule has 0 radical (unpaired) electrons. The average Bonchev–Trinajstić information content (AvgIpc) is 2.36. The van der Waals surface area contributed by atoms with Crippen LogP contribution in [0.2, 0.25) is 0 Å². The largest absolute Gasteiger partial charge is 0.408 e. The van der Waals surface area contributed by atoms with Crippen molar-refractivity contribution >= 4 is 5.96 Å². The molecule has 3 N–H and O–H groups in total. The van der Waals surface area contributed by atoms with Gasteiger partial charge in [0.1, 0.15) is 0 Å². The highest BCUT2D eigenvalue weighted by molar-refractivity contribution is 5.78. The molecule has 1 heterocycles. The Labute approximate surface area is 95.4 Å². The van der Waals surface area contributed by atoms with Gasteiger partial charge in [-0.05, 0) is 24.0 Å². The van der Waals surface area contributed by atoms with E-state index in [-0.39, 0.29) is 5.96 Å². The fourth-order valence-corrected chi connectivity index (χ4v) is 2.28. The normalized spacial score (nSPS) is 20.7. The average molecular weight is 219 g/mol. The molecule has 0 saturated heterocycles. The predicted molar refractivity (Wildman–Crippen MR) is 63.2 cm³/mol. The summed E-state index contributed by atoms with van der Waals surface area (Å²) in [5.41, 5.74) is 8.33.